The number of aromatic nitrogens is 3. The fourth-order valence-electron chi connectivity index (χ4n) is 0.559. The van der Waals surface area contributed by atoms with Gasteiger partial charge < -0.3 is 4.98 Å². The zero-order valence-corrected chi connectivity index (χ0v) is 6.12. The molecule has 3 nitrogen and oxygen atoms in total. The lowest BCUT2D eigenvalue weighted by Crippen LogP contribution is -2.05. The van der Waals surface area contributed by atoms with E-state index in [2.05, 4.69) is 28.1 Å². The summed E-state index contributed by atoms with van der Waals surface area (Å²) in [5.41, 5.74) is 0.469. The first-order valence-electron chi connectivity index (χ1n) is 3.16. The number of nitrogens with zero attached hydrogens (tertiary/aromatic N) is 2. The second kappa shape index (κ2) is 3.51. The Hall–Kier alpha value is -1.64. The Morgan fingerprint density at radius 2 is 2.09 bits per heavy atom. The number of H-pyrrole nitrogens is 1. The molecule has 0 aliphatic carbocycles. The van der Waals surface area contributed by atoms with Crippen LogP contribution in [0.3, 0.4) is 0 Å². The van der Waals surface area contributed by atoms with Crippen LogP contribution in [0.15, 0.2) is 24.7 Å². The lowest BCUT2D eigenvalue weighted by atomic mass is 10.5. The molecule has 0 aliphatic heterocycles. The van der Waals surface area contributed by atoms with Gasteiger partial charge in [0.1, 0.15) is 5.48 Å². The van der Waals surface area contributed by atoms with Gasteiger partial charge in [-0.25, -0.2) is 9.97 Å². The minimum absolute atomic E-state index is 0.469. The predicted molar refractivity (Wildman–Crippen MR) is 44.3 cm³/mol. The molecule has 56 valence electrons. The smallest absolute Gasteiger partial charge is 0.146 e. The summed E-state index contributed by atoms with van der Waals surface area (Å²) in [5.74, 6) is 0. The molecule has 0 bridgehead atoms. The third kappa shape index (κ3) is 2.62. The number of aromatic amines is 1. The van der Waals surface area contributed by atoms with Crippen molar-refractivity contribution in [1.29, 1.82) is 0 Å². The van der Waals surface area contributed by atoms with Crippen LogP contribution >= 0.6 is 0 Å². The molecule has 0 atom stereocenters. The van der Waals surface area contributed by atoms with Gasteiger partial charge in [-0.2, -0.15) is 0 Å². The van der Waals surface area contributed by atoms with Crippen LogP contribution in [0, 0.1) is 0 Å². The first-order valence-corrected chi connectivity index (χ1v) is 3.16. The topological polar surface area (TPSA) is 41.6 Å². The van der Waals surface area contributed by atoms with Crippen LogP contribution in [0.1, 0.15) is 0 Å². The summed E-state index contributed by atoms with van der Waals surface area (Å²) in [4.78, 5) is 10.6. The van der Waals surface area contributed by atoms with E-state index in [4.69, 9.17) is 0 Å². The van der Waals surface area contributed by atoms with Gasteiger partial charge in [-0.15, -0.1) is 0 Å². The van der Waals surface area contributed by atoms with E-state index in [1.54, 1.807) is 18.3 Å². The highest BCUT2D eigenvalue weighted by Gasteiger charge is 1.67. The van der Waals surface area contributed by atoms with Gasteiger partial charge in [0.2, 0.25) is 0 Å². The highest BCUT2D eigenvalue weighted by molar-refractivity contribution is 4.95. The Morgan fingerprint density at radius 1 is 1.27 bits per heavy atom. The van der Waals surface area contributed by atoms with Crippen LogP contribution in [0.25, 0.3) is 13.2 Å². The Balaban J connectivity index is 3.44. The van der Waals surface area contributed by atoms with Gasteiger partial charge in [0.15, 0.2) is 0 Å². The Bertz CT molecular complexity index is 330. The van der Waals surface area contributed by atoms with E-state index >= 15 is 0 Å². The lowest BCUT2D eigenvalue weighted by Gasteiger charge is -1.71. The Morgan fingerprint density at radius 3 is 2.91 bits per heavy atom. The van der Waals surface area contributed by atoms with E-state index in [0.29, 0.717) is 5.48 Å². The highest BCUT2D eigenvalue weighted by atomic mass is 14.9. The number of hydrogen-bond acceptors (Lipinski definition) is 2. The van der Waals surface area contributed by atoms with Crippen LogP contribution < -0.4 is 10.8 Å². The molecule has 0 amide bonds. The van der Waals surface area contributed by atoms with Crippen molar-refractivity contribution in [2.45, 2.75) is 0 Å². The predicted octanol–water partition coefficient (Wildman–Crippen LogP) is -0.250. The van der Waals surface area contributed by atoms with Crippen molar-refractivity contribution in [3.05, 3.63) is 35.5 Å². The molecular weight excluding hydrogens is 138 g/mol. The molecule has 0 radical (unpaired) electrons. The van der Waals surface area contributed by atoms with Gasteiger partial charge in [0.05, 0.1) is 6.33 Å². The molecule has 0 fully saturated rings. The molecule has 11 heavy (non-hydrogen) atoms. The van der Waals surface area contributed by atoms with Gasteiger partial charge in [0.25, 0.3) is 0 Å². The van der Waals surface area contributed by atoms with Crippen molar-refractivity contribution in [2.75, 3.05) is 0 Å². The second-order valence-electron chi connectivity index (χ2n) is 1.98. The molecule has 1 rings (SSSR count). The third-order valence-corrected chi connectivity index (χ3v) is 1.07. The SMILES string of the molecule is C=c1ncccc(=C)[nH]cn1. The number of hydrogen-bond donors (Lipinski definition) is 1. The molecule has 1 N–H and O–H groups in total. The lowest BCUT2D eigenvalue weighted by molar-refractivity contribution is 1.08. The normalized spacial score (nSPS) is 8.73. The standard InChI is InChI=1S/C8H9N3/c1-7-4-3-5-9-8(2)11-6-10-7/h3-6H,1-2H2,(H,10,11). The van der Waals surface area contributed by atoms with Crippen molar-refractivity contribution in [1.82, 2.24) is 15.0 Å². The third-order valence-electron chi connectivity index (χ3n) is 1.07. The molecule has 3 heteroatoms. The average molecular weight is 147 g/mol. The van der Waals surface area contributed by atoms with Gasteiger partial charge in [-0.3, -0.25) is 0 Å². The maximum absolute atomic E-state index is 3.89. The molecule has 1 aromatic rings. The summed E-state index contributed by atoms with van der Waals surface area (Å²) in [5, 5.41) is 0.773. The van der Waals surface area contributed by atoms with E-state index in [1.165, 1.54) is 6.33 Å². The van der Waals surface area contributed by atoms with Crippen molar-refractivity contribution in [2.24, 2.45) is 0 Å². The molecular formula is C8H9N3. The minimum atomic E-state index is 0.469. The fourth-order valence-corrected chi connectivity index (χ4v) is 0.559. The van der Waals surface area contributed by atoms with E-state index in [0.717, 1.165) is 5.35 Å². The van der Waals surface area contributed by atoms with Crippen LogP contribution in [0.4, 0.5) is 0 Å². The molecule has 0 saturated carbocycles. The van der Waals surface area contributed by atoms with Crippen molar-refractivity contribution in [3.63, 3.8) is 0 Å². The average Bonchev–Trinajstić information content (AvgIpc) is 2.04. The minimum Gasteiger partial charge on any atom is -0.347 e. The van der Waals surface area contributed by atoms with Gasteiger partial charge in [0, 0.05) is 11.5 Å². The summed E-state index contributed by atoms with van der Waals surface area (Å²) < 4.78 is 0. The Kier molecular flexibility index (Phi) is 2.38. The molecule has 0 aliphatic rings. The second-order valence-corrected chi connectivity index (χ2v) is 1.98. The molecule has 0 spiro atoms. The van der Waals surface area contributed by atoms with E-state index in [-0.39, 0.29) is 0 Å². The van der Waals surface area contributed by atoms with Crippen molar-refractivity contribution in [3.8, 4) is 0 Å². The number of nitrogens with one attached hydrogen (secondary N) is 1. The van der Waals surface area contributed by atoms with E-state index in [9.17, 15) is 0 Å². The molecule has 1 heterocycles. The van der Waals surface area contributed by atoms with Crippen LogP contribution in [0.2, 0.25) is 0 Å². The summed E-state index contributed by atoms with van der Waals surface area (Å²) >= 11 is 0. The van der Waals surface area contributed by atoms with Crippen molar-refractivity contribution < 1.29 is 0 Å². The summed E-state index contributed by atoms with van der Waals surface area (Å²) in [6.07, 6.45) is 3.13. The molecule has 0 saturated heterocycles. The van der Waals surface area contributed by atoms with Gasteiger partial charge in [-0.1, -0.05) is 13.2 Å². The Labute approximate surface area is 64.5 Å². The molecule has 0 unspecified atom stereocenters. The van der Waals surface area contributed by atoms with Gasteiger partial charge >= 0.3 is 0 Å². The van der Waals surface area contributed by atoms with Crippen LogP contribution in [-0.2, 0) is 0 Å². The largest absolute Gasteiger partial charge is 0.347 e. The van der Waals surface area contributed by atoms with Crippen molar-refractivity contribution >= 4 is 13.2 Å². The summed E-state index contributed by atoms with van der Waals surface area (Å²) in [7, 11) is 0. The first-order chi connectivity index (χ1) is 5.29. The zero-order valence-electron chi connectivity index (χ0n) is 6.12. The fraction of sp³-hybridized carbons (Fsp3) is 0. The maximum atomic E-state index is 3.89. The van der Waals surface area contributed by atoms with Crippen LogP contribution in [0.5, 0.6) is 0 Å². The zero-order chi connectivity index (χ0) is 8.10. The molecule has 0 aromatic carbocycles. The summed E-state index contributed by atoms with van der Waals surface area (Å²) in [6.45, 7) is 7.29. The first kappa shape index (κ1) is 7.47. The number of rotatable bonds is 0. The summed E-state index contributed by atoms with van der Waals surface area (Å²) in [6, 6.07) is 3.57. The maximum Gasteiger partial charge on any atom is 0.146 e. The highest BCUT2D eigenvalue weighted by Crippen LogP contribution is 1.59. The monoisotopic (exact) mass is 147 g/mol. The van der Waals surface area contributed by atoms with E-state index in [1.807, 2.05) is 0 Å². The molecule has 1 aromatic heterocycles. The quantitative estimate of drug-likeness (QED) is 0.549. The van der Waals surface area contributed by atoms with Gasteiger partial charge in [-0.05, 0) is 12.1 Å². The van der Waals surface area contributed by atoms with Crippen LogP contribution in [-0.4, -0.2) is 15.0 Å². The van der Waals surface area contributed by atoms with E-state index < -0.39 is 0 Å².